The molecule has 8 nitrogen and oxygen atoms in total. The van der Waals surface area contributed by atoms with Crippen molar-refractivity contribution in [3.8, 4) is 11.5 Å². The fraction of sp³-hybridized carbons (Fsp3) is 0.367. The molecule has 0 radical (unpaired) electrons. The Morgan fingerprint density at radius 2 is 1.73 bits per heavy atom. The average molecular weight is 667 g/mol. The van der Waals surface area contributed by atoms with Gasteiger partial charge in [0.25, 0.3) is 5.56 Å². The van der Waals surface area contributed by atoms with E-state index in [9.17, 15) is 9.59 Å². The number of aryl methyl sites for hydroxylation is 2. The molecule has 2 N–H and O–H groups in total. The number of benzene rings is 2. The molecule has 0 unspecified atom stereocenters. The topological polar surface area (TPSA) is 106 Å². The Hall–Kier alpha value is -2.85. The minimum atomic E-state index is -0.469. The predicted molar refractivity (Wildman–Crippen MR) is 169 cm³/mol. The van der Waals surface area contributed by atoms with Crippen LogP contribution in [-0.2, 0) is 11.8 Å². The van der Waals surface area contributed by atoms with E-state index in [-0.39, 0.29) is 5.56 Å². The van der Waals surface area contributed by atoms with E-state index in [0.717, 1.165) is 28.4 Å². The zero-order valence-corrected chi connectivity index (χ0v) is 27.2. The minimum absolute atomic E-state index is 0.109. The third-order valence-corrected chi connectivity index (χ3v) is 7.60. The summed E-state index contributed by atoms with van der Waals surface area (Å²) in [6.07, 6.45) is 2.55. The number of pyridine rings is 2. The van der Waals surface area contributed by atoms with Crippen LogP contribution in [0.25, 0.3) is 21.7 Å². The fourth-order valence-corrected chi connectivity index (χ4v) is 5.67. The van der Waals surface area contributed by atoms with Crippen LogP contribution >= 0.6 is 39.1 Å². The summed E-state index contributed by atoms with van der Waals surface area (Å²) >= 11 is 15.5. The summed E-state index contributed by atoms with van der Waals surface area (Å²) in [6.45, 7) is 8.46. The molecule has 0 bridgehead atoms. The van der Waals surface area contributed by atoms with Crippen molar-refractivity contribution in [1.29, 1.82) is 0 Å². The number of carbonyl (C=O) groups is 1. The van der Waals surface area contributed by atoms with E-state index in [2.05, 4.69) is 39.5 Å². The van der Waals surface area contributed by atoms with E-state index in [1.165, 1.54) is 20.3 Å². The molecule has 220 valence electrons. The molecule has 41 heavy (non-hydrogen) atoms. The van der Waals surface area contributed by atoms with Gasteiger partial charge in [0, 0.05) is 28.1 Å². The quantitative estimate of drug-likeness (QED) is 0.166. The van der Waals surface area contributed by atoms with E-state index in [4.69, 9.17) is 38.4 Å². The van der Waals surface area contributed by atoms with Crippen molar-refractivity contribution in [2.24, 2.45) is 18.7 Å². The molecule has 4 rings (SSSR count). The Kier molecular flexibility index (Phi) is 10.7. The van der Waals surface area contributed by atoms with Crippen LogP contribution in [0.2, 0.25) is 10.0 Å². The second-order valence-electron chi connectivity index (χ2n) is 10.5. The summed E-state index contributed by atoms with van der Waals surface area (Å²) in [5.41, 5.74) is 7.79. The number of nitrogens with zero attached hydrogens (tertiary/aromatic N) is 2. The van der Waals surface area contributed by atoms with Crippen LogP contribution in [0.15, 0.2) is 45.8 Å². The van der Waals surface area contributed by atoms with Crippen molar-refractivity contribution in [3.05, 3.63) is 72.7 Å². The van der Waals surface area contributed by atoms with E-state index in [0.29, 0.717) is 49.5 Å². The van der Waals surface area contributed by atoms with Gasteiger partial charge < -0.3 is 24.5 Å². The zero-order chi connectivity index (χ0) is 30.6. The van der Waals surface area contributed by atoms with Crippen molar-refractivity contribution >= 4 is 66.8 Å². The van der Waals surface area contributed by atoms with E-state index in [1.54, 1.807) is 36.0 Å². The molecule has 0 aliphatic carbocycles. The number of rotatable bonds is 7. The van der Waals surface area contributed by atoms with Crippen molar-refractivity contribution in [1.82, 2.24) is 9.55 Å². The third kappa shape index (κ3) is 7.71. The summed E-state index contributed by atoms with van der Waals surface area (Å²) in [5, 5.41) is 3.21. The molecule has 11 heteroatoms. The average Bonchev–Trinajstić information content (AvgIpc) is 2.90. The van der Waals surface area contributed by atoms with Crippen LogP contribution in [0.1, 0.15) is 43.2 Å². The SMILES string of the molecule is COC(=O)c1cc(OC)c(Cl)cc1Br.Cc1cc2c3cc(Cl)c(OC[C@@](C)(N)CC(C)C)cc3c(=O)n(C)c2cn1. The van der Waals surface area contributed by atoms with Gasteiger partial charge in [0.1, 0.15) is 18.1 Å². The summed E-state index contributed by atoms with van der Waals surface area (Å²) in [6, 6.07) is 8.60. The first-order valence-electron chi connectivity index (χ1n) is 12.8. The van der Waals surface area contributed by atoms with Crippen molar-refractivity contribution in [3.63, 3.8) is 0 Å². The van der Waals surface area contributed by atoms with Crippen LogP contribution in [0.4, 0.5) is 0 Å². The van der Waals surface area contributed by atoms with Crippen LogP contribution < -0.4 is 20.8 Å². The first kappa shape index (κ1) is 32.7. The van der Waals surface area contributed by atoms with Crippen LogP contribution in [-0.4, -0.2) is 41.9 Å². The molecule has 2 heterocycles. The van der Waals surface area contributed by atoms with Gasteiger partial charge in [0.05, 0.1) is 46.9 Å². The fourth-order valence-electron chi connectivity index (χ4n) is 4.58. The highest BCUT2D eigenvalue weighted by molar-refractivity contribution is 9.10. The van der Waals surface area contributed by atoms with Gasteiger partial charge in [-0.05, 0) is 77.8 Å². The Bertz CT molecular complexity index is 1650. The van der Waals surface area contributed by atoms with Crippen molar-refractivity contribution in [2.45, 2.75) is 39.7 Å². The first-order chi connectivity index (χ1) is 19.2. The largest absolute Gasteiger partial charge is 0.495 e. The molecule has 2 aromatic heterocycles. The van der Waals surface area contributed by atoms with Gasteiger partial charge in [-0.1, -0.05) is 37.0 Å². The van der Waals surface area contributed by atoms with E-state index in [1.807, 2.05) is 19.9 Å². The molecular weight excluding hydrogens is 633 g/mol. The van der Waals surface area contributed by atoms with E-state index >= 15 is 0 Å². The van der Waals surface area contributed by atoms with Gasteiger partial charge in [0.2, 0.25) is 0 Å². The Morgan fingerprint density at radius 3 is 2.34 bits per heavy atom. The van der Waals surface area contributed by atoms with Crippen LogP contribution in [0, 0.1) is 12.8 Å². The molecule has 0 saturated heterocycles. The van der Waals surface area contributed by atoms with Gasteiger partial charge in [0.15, 0.2) is 0 Å². The maximum absolute atomic E-state index is 12.8. The molecule has 4 aromatic rings. The summed E-state index contributed by atoms with van der Waals surface area (Å²) in [4.78, 5) is 28.4. The van der Waals surface area contributed by atoms with Gasteiger partial charge in [-0.3, -0.25) is 9.78 Å². The third-order valence-electron chi connectivity index (χ3n) is 6.36. The number of hydrogen-bond acceptors (Lipinski definition) is 7. The molecule has 0 spiro atoms. The number of fused-ring (bicyclic) bond motifs is 3. The smallest absolute Gasteiger partial charge is 0.339 e. The number of esters is 1. The molecule has 0 aliphatic rings. The maximum atomic E-state index is 12.8. The predicted octanol–water partition coefficient (Wildman–Crippen LogP) is 7.09. The lowest BCUT2D eigenvalue weighted by Crippen LogP contribution is -2.43. The molecule has 1 atom stereocenters. The number of hydrogen-bond donors (Lipinski definition) is 1. The molecule has 0 saturated carbocycles. The molecule has 2 aromatic carbocycles. The number of halogens is 3. The highest BCUT2D eigenvalue weighted by Gasteiger charge is 2.22. The summed E-state index contributed by atoms with van der Waals surface area (Å²) in [5.74, 6) is 0.945. The van der Waals surface area contributed by atoms with Crippen LogP contribution in [0.3, 0.4) is 0 Å². The molecule has 0 aliphatic heterocycles. The number of carbonyl (C=O) groups excluding carboxylic acids is 1. The molecule has 0 fully saturated rings. The zero-order valence-electron chi connectivity index (χ0n) is 24.1. The molecule has 0 amide bonds. The number of ether oxygens (including phenoxy) is 3. The standard InChI is InChI=1S/C21H26ClN3O2.C9H8BrClO3/c1-12(2)9-21(4,23)11-27-19-8-16-14(7-17(19)22)15-6-13(3)24-10-18(15)25(5)20(16)26;1-13-8-3-5(9(12)14-2)6(10)4-7(8)11/h6-8,10,12H,9,11,23H2,1-5H3;3-4H,1-2H3/t21-;/m0./s1. The van der Waals surface area contributed by atoms with E-state index < -0.39 is 11.5 Å². The molecular formula is C30H34BrCl2N3O5. The maximum Gasteiger partial charge on any atom is 0.339 e. The second-order valence-corrected chi connectivity index (χ2v) is 12.2. The highest BCUT2D eigenvalue weighted by atomic mass is 79.9. The lowest BCUT2D eigenvalue weighted by molar-refractivity contribution is 0.0599. The van der Waals surface area contributed by atoms with Gasteiger partial charge in [-0.15, -0.1) is 0 Å². The number of nitrogens with two attached hydrogens (primary N) is 1. The number of methoxy groups -OCH3 is 2. The summed E-state index contributed by atoms with van der Waals surface area (Å²) in [7, 11) is 4.54. The van der Waals surface area contributed by atoms with Crippen molar-refractivity contribution < 1.29 is 19.0 Å². The Balaban J connectivity index is 0.000000278. The second kappa shape index (κ2) is 13.4. The Morgan fingerprint density at radius 1 is 1.07 bits per heavy atom. The number of aromatic nitrogens is 2. The minimum Gasteiger partial charge on any atom is -0.495 e. The first-order valence-corrected chi connectivity index (χ1v) is 14.4. The van der Waals surface area contributed by atoms with Gasteiger partial charge >= 0.3 is 5.97 Å². The van der Waals surface area contributed by atoms with Crippen molar-refractivity contribution in [2.75, 3.05) is 20.8 Å². The highest BCUT2D eigenvalue weighted by Crippen LogP contribution is 2.33. The normalized spacial score (nSPS) is 12.6. The monoisotopic (exact) mass is 665 g/mol. The summed E-state index contributed by atoms with van der Waals surface area (Å²) < 4.78 is 17.7. The van der Waals surface area contributed by atoms with Crippen LogP contribution in [0.5, 0.6) is 11.5 Å². The van der Waals surface area contributed by atoms with Gasteiger partial charge in [-0.25, -0.2) is 4.79 Å². The lowest BCUT2D eigenvalue weighted by Gasteiger charge is -2.27. The lowest BCUT2D eigenvalue weighted by atomic mass is 9.93. The Labute approximate surface area is 257 Å². The van der Waals surface area contributed by atoms with Gasteiger partial charge in [-0.2, -0.15) is 0 Å².